The van der Waals surface area contributed by atoms with Crippen molar-refractivity contribution >= 4 is 17.5 Å². The largest absolute Gasteiger partial charge is 0.495 e. The summed E-state index contributed by atoms with van der Waals surface area (Å²) >= 11 is 5.98. The van der Waals surface area contributed by atoms with Crippen LogP contribution in [0.25, 0.3) is 0 Å². The van der Waals surface area contributed by atoms with Crippen LogP contribution in [0.1, 0.15) is 15.9 Å². The third-order valence-corrected chi connectivity index (χ3v) is 2.63. The molecule has 1 aromatic carbocycles. The number of aryl methyl sites for hydroxylation is 1. The molecule has 0 radical (unpaired) electrons. The van der Waals surface area contributed by atoms with Crippen LogP contribution in [0.15, 0.2) is 12.1 Å². The maximum Gasteiger partial charge on any atom is 0.251 e. The van der Waals surface area contributed by atoms with Crippen molar-refractivity contribution < 1.29 is 14.3 Å². The molecule has 0 aliphatic rings. The molecule has 0 aromatic heterocycles. The molecule has 0 spiro atoms. The van der Waals surface area contributed by atoms with Crippen molar-refractivity contribution in [3.8, 4) is 5.75 Å². The number of ether oxygens (including phenoxy) is 2. The third kappa shape index (κ3) is 3.61. The van der Waals surface area contributed by atoms with E-state index in [1.54, 1.807) is 26.4 Å². The van der Waals surface area contributed by atoms with Crippen LogP contribution in [-0.2, 0) is 4.74 Å². The maximum absolute atomic E-state index is 11.8. The number of halogens is 1. The van der Waals surface area contributed by atoms with E-state index in [2.05, 4.69) is 5.32 Å². The average Bonchev–Trinajstić information content (AvgIpc) is 2.31. The third-order valence-electron chi connectivity index (χ3n) is 2.34. The smallest absolute Gasteiger partial charge is 0.251 e. The Kier molecular flexibility index (Phi) is 5.25. The lowest BCUT2D eigenvalue weighted by molar-refractivity contribution is 0.0936. The molecule has 0 saturated heterocycles. The molecular weight excluding hydrogens is 242 g/mol. The van der Waals surface area contributed by atoms with Crippen LogP contribution in [-0.4, -0.2) is 33.3 Å². The Hall–Kier alpha value is -1.26. The van der Waals surface area contributed by atoms with Crippen LogP contribution in [0, 0.1) is 6.92 Å². The van der Waals surface area contributed by atoms with Crippen LogP contribution in [0.2, 0.25) is 5.02 Å². The molecule has 0 aliphatic heterocycles. The van der Waals surface area contributed by atoms with Gasteiger partial charge in [-0.2, -0.15) is 0 Å². The number of benzene rings is 1. The Morgan fingerprint density at radius 2 is 2.12 bits per heavy atom. The Morgan fingerprint density at radius 1 is 1.41 bits per heavy atom. The zero-order chi connectivity index (χ0) is 12.8. The standard InChI is InChI=1S/C12H16ClNO3/c1-8-6-11(17-3)10(13)7-9(8)12(15)14-4-5-16-2/h6-7H,4-5H2,1-3H3,(H,14,15). The van der Waals surface area contributed by atoms with E-state index < -0.39 is 0 Å². The van der Waals surface area contributed by atoms with E-state index in [0.717, 1.165) is 5.56 Å². The quantitative estimate of drug-likeness (QED) is 0.821. The zero-order valence-corrected chi connectivity index (χ0v) is 10.9. The molecule has 0 atom stereocenters. The first-order valence-electron chi connectivity index (χ1n) is 5.21. The van der Waals surface area contributed by atoms with Gasteiger partial charge in [-0.25, -0.2) is 0 Å². The van der Waals surface area contributed by atoms with Crippen LogP contribution in [0.5, 0.6) is 5.75 Å². The number of methoxy groups -OCH3 is 2. The second-order valence-electron chi connectivity index (χ2n) is 3.55. The predicted molar refractivity (Wildman–Crippen MR) is 67.0 cm³/mol. The SMILES string of the molecule is COCCNC(=O)c1cc(Cl)c(OC)cc1C. The summed E-state index contributed by atoms with van der Waals surface area (Å²) in [7, 11) is 3.13. The van der Waals surface area contributed by atoms with E-state index in [0.29, 0.717) is 29.5 Å². The second-order valence-corrected chi connectivity index (χ2v) is 3.96. The van der Waals surface area contributed by atoms with Crippen molar-refractivity contribution in [1.82, 2.24) is 5.32 Å². The monoisotopic (exact) mass is 257 g/mol. The minimum absolute atomic E-state index is 0.163. The zero-order valence-electron chi connectivity index (χ0n) is 10.2. The molecule has 0 saturated carbocycles. The van der Waals surface area contributed by atoms with Crippen LogP contribution >= 0.6 is 11.6 Å². The highest BCUT2D eigenvalue weighted by atomic mass is 35.5. The van der Waals surface area contributed by atoms with Gasteiger partial charge in [0, 0.05) is 19.2 Å². The lowest BCUT2D eigenvalue weighted by atomic mass is 10.1. The molecule has 17 heavy (non-hydrogen) atoms. The minimum atomic E-state index is -0.163. The Labute approximate surface area is 106 Å². The highest BCUT2D eigenvalue weighted by Crippen LogP contribution is 2.27. The van der Waals surface area contributed by atoms with E-state index in [-0.39, 0.29) is 5.91 Å². The first kappa shape index (κ1) is 13.8. The number of rotatable bonds is 5. The van der Waals surface area contributed by atoms with Crippen molar-refractivity contribution in [2.24, 2.45) is 0 Å². The molecule has 0 aliphatic carbocycles. The molecular formula is C12H16ClNO3. The van der Waals surface area contributed by atoms with Crippen LogP contribution in [0.4, 0.5) is 0 Å². The van der Waals surface area contributed by atoms with E-state index in [1.165, 1.54) is 0 Å². The van der Waals surface area contributed by atoms with Crippen LogP contribution < -0.4 is 10.1 Å². The van der Waals surface area contributed by atoms with Gasteiger partial charge in [0.1, 0.15) is 5.75 Å². The molecule has 1 amide bonds. The summed E-state index contributed by atoms with van der Waals surface area (Å²) in [6, 6.07) is 3.35. The molecule has 0 fully saturated rings. The Morgan fingerprint density at radius 3 is 2.71 bits per heavy atom. The number of hydrogen-bond donors (Lipinski definition) is 1. The highest BCUT2D eigenvalue weighted by molar-refractivity contribution is 6.32. The van der Waals surface area contributed by atoms with Gasteiger partial charge in [0.2, 0.25) is 0 Å². The van der Waals surface area contributed by atoms with Crippen molar-refractivity contribution in [1.29, 1.82) is 0 Å². The molecule has 1 rings (SSSR count). The molecule has 0 unspecified atom stereocenters. The van der Waals surface area contributed by atoms with Gasteiger partial charge < -0.3 is 14.8 Å². The second kappa shape index (κ2) is 6.47. The maximum atomic E-state index is 11.8. The van der Waals surface area contributed by atoms with Gasteiger partial charge in [0.25, 0.3) is 5.91 Å². The summed E-state index contributed by atoms with van der Waals surface area (Å²) in [5.41, 5.74) is 1.37. The lowest BCUT2D eigenvalue weighted by Crippen LogP contribution is -2.27. The van der Waals surface area contributed by atoms with Gasteiger partial charge in [0.15, 0.2) is 0 Å². The number of carbonyl (C=O) groups excluding carboxylic acids is 1. The molecule has 1 aromatic rings. The Bertz CT molecular complexity index is 407. The van der Waals surface area contributed by atoms with E-state index in [4.69, 9.17) is 21.1 Å². The number of amides is 1. The van der Waals surface area contributed by atoms with Gasteiger partial charge in [-0.15, -0.1) is 0 Å². The van der Waals surface area contributed by atoms with Gasteiger partial charge in [-0.1, -0.05) is 11.6 Å². The summed E-state index contributed by atoms with van der Waals surface area (Å²) < 4.78 is 9.93. The molecule has 0 bridgehead atoms. The summed E-state index contributed by atoms with van der Waals surface area (Å²) in [4.78, 5) is 11.8. The van der Waals surface area contributed by atoms with Crippen LogP contribution in [0.3, 0.4) is 0 Å². The lowest BCUT2D eigenvalue weighted by Gasteiger charge is -2.10. The topological polar surface area (TPSA) is 47.6 Å². The van der Waals surface area contributed by atoms with Crippen molar-refractivity contribution in [2.75, 3.05) is 27.4 Å². The average molecular weight is 258 g/mol. The summed E-state index contributed by atoms with van der Waals surface area (Å²) in [6.07, 6.45) is 0. The van der Waals surface area contributed by atoms with Gasteiger partial charge in [-0.05, 0) is 24.6 Å². The molecule has 4 nitrogen and oxygen atoms in total. The number of carbonyl (C=O) groups is 1. The predicted octanol–water partition coefficient (Wildman–Crippen LogP) is 2.03. The van der Waals surface area contributed by atoms with Gasteiger partial charge in [0.05, 0.1) is 18.7 Å². The molecule has 5 heteroatoms. The summed E-state index contributed by atoms with van der Waals surface area (Å²) in [6.45, 7) is 2.79. The number of hydrogen-bond acceptors (Lipinski definition) is 3. The first-order chi connectivity index (χ1) is 8.10. The first-order valence-corrected chi connectivity index (χ1v) is 5.59. The van der Waals surface area contributed by atoms with E-state index >= 15 is 0 Å². The number of nitrogens with one attached hydrogen (secondary N) is 1. The van der Waals surface area contributed by atoms with E-state index in [1.807, 2.05) is 6.92 Å². The van der Waals surface area contributed by atoms with Crippen molar-refractivity contribution in [3.63, 3.8) is 0 Å². The van der Waals surface area contributed by atoms with Crippen molar-refractivity contribution in [2.45, 2.75) is 6.92 Å². The molecule has 0 heterocycles. The normalized spacial score (nSPS) is 10.1. The summed E-state index contributed by atoms with van der Waals surface area (Å²) in [5.74, 6) is 0.404. The minimum Gasteiger partial charge on any atom is -0.495 e. The fourth-order valence-electron chi connectivity index (χ4n) is 1.42. The highest BCUT2D eigenvalue weighted by Gasteiger charge is 2.12. The fourth-order valence-corrected chi connectivity index (χ4v) is 1.66. The van der Waals surface area contributed by atoms with Gasteiger partial charge >= 0.3 is 0 Å². The molecule has 94 valence electrons. The molecule has 1 N–H and O–H groups in total. The van der Waals surface area contributed by atoms with Crippen molar-refractivity contribution in [3.05, 3.63) is 28.3 Å². The summed E-state index contributed by atoms with van der Waals surface area (Å²) in [5, 5.41) is 3.17. The van der Waals surface area contributed by atoms with E-state index in [9.17, 15) is 4.79 Å². The Balaban J connectivity index is 2.83. The van der Waals surface area contributed by atoms with Gasteiger partial charge in [-0.3, -0.25) is 4.79 Å². The fraction of sp³-hybridized carbons (Fsp3) is 0.417.